The summed E-state index contributed by atoms with van der Waals surface area (Å²) >= 11 is 1.76. The van der Waals surface area contributed by atoms with E-state index in [-0.39, 0.29) is 11.3 Å². The van der Waals surface area contributed by atoms with Crippen molar-refractivity contribution in [3.63, 3.8) is 0 Å². The van der Waals surface area contributed by atoms with Gasteiger partial charge in [-0.1, -0.05) is 19.9 Å². The zero-order chi connectivity index (χ0) is 13.6. The molecule has 0 aliphatic heterocycles. The molecule has 0 aliphatic carbocycles. The van der Waals surface area contributed by atoms with E-state index >= 15 is 0 Å². The Balaban J connectivity index is 2.27. The maximum atomic E-state index is 12.0. The van der Waals surface area contributed by atoms with Gasteiger partial charge in [0.05, 0.1) is 0 Å². The highest BCUT2D eigenvalue weighted by Crippen LogP contribution is 2.16. The molecule has 1 amide bonds. The first-order chi connectivity index (χ1) is 8.44. The molecule has 0 saturated heterocycles. The second-order valence-electron chi connectivity index (χ2n) is 5.55. The van der Waals surface area contributed by atoms with Crippen molar-refractivity contribution in [1.29, 1.82) is 0 Å². The third kappa shape index (κ3) is 5.19. The topological polar surface area (TPSA) is 46.3 Å². The van der Waals surface area contributed by atoms with Crippen molar-refractivity contribution in [2.75, 3.05) is 20.1 Å². The average Bonchev–Trinajstić information content (AvgIpc) is 2.81. The monoisotopic (exact) mass is 268 g/mol. The third-order valence-electron chi connectivity index (χ3n) is 3.04. The van der Waals surface area contributed by atoms with Crippen LogP contribution in [0.15, 0.2) is 17.5 Å². The fraction of sp³-hybridized carbons (Fsp3) is 0.643. The lowest BCUT2D eigenvalue weighted by Gasteiger charge is -2.29. The number of amides is 1. The largest absolute Gasteiger partial charge is 0.345 e. The Bertz CT molecular complexity index is 360. The summed E-state index contributed by atoms with van der Waals surface area (Å²) in [5, 5.41) is 2.08. The van der Waals surface area contributed by atoms with E-state index in [1.165, 1.54) is 4.88 Å². The van der Waals surface area contributed by atoms with Gasteiger partial charge in [0, 0.05) is 24.9 Å². The molecule has 0 atom stereocenters. The highest BCUT2D eigenvalue weighted by Gasteiger charge is 2.20. The Labute approximate surface area is 114 Å². The maximum absolute atomic E-state index is 12.0. The molecule has 1 aromatic heterocycles. The van der Waals surface area contributed by atoms with Crippen LogP contribution in [0.4, 0.5) is 0 Å². The molecule has 0 saturated carbocycles. The molecule has 1 rings (SSSR count). The highest BCUT2D eigenvalue weighted by molar-refractivity contribution is 7.09. The normalized spacial score (nSPS) is 11.6. The first-order valence-electron chi connectivity index (χ1n) is 6.41. The molecule has 4 heteroatoms. The van der Waals surface area contributed by atoms with E-state index in [0.29, 0.717) is 13.0 Å². The van der Waals surface area contributed by atoms with Crippen molar-refractivity contribution in [3.8, 4) is 0 Å². The number of carbonyl (C=O) groups excluding carboxylic acids is 1. The molecule has 0 bridgehead atoms. The zero-order valence-corrected chi connectivity index (χ0v) is 12.4. The van der Waals surface area contributed by atoms with E-state index < -0.39 is 0 Å². The Morgan fingerprint density at radius 3 is 2.78 bits per heavy atom. The van der Waals surface area contributed by atoms with Crippen LogP contribution in [0.25, 0.3) is 0 Å². The lowest BCUT2D eigenvalue weighted by atomic mass is 9.93. The minimum atomic E-state index is -0.00182. The number of rotatable bonds is 7. The van der Waals surface area contributed by atoms with Gasteiger partial charge >= 0.3 is 0 Å². The lowest BCUT2D eigenvalue weighted by Crippen LogP contribution is -2.39. The van der Waals surface area contributed by atoms with Gasteiger partial charge in [0.1, 0.15) is 0 Å². The minimum Gasteiger partial charge on any atom is -0.345 e. The Morgan fingerprint density at radius 1 is 1.50 bits per heavy atom. The standard InChI is InChI=1S/C14H24N2OS/c1-14(2,10-15)11-16(3)13(17)8-4-6-12-7-5-9-18-12/h5,7,9H,4,6,8,10-11,15H2,1-3H3. The van der Waals surface area contributed by atoms with Gasteiger partial charge in [-0.2, -0.15) is 0 Å². The van der Waals surface area contributed by atoms with E-state index in [0.717, 1.165) is 19.4 Å². The summed E-state index contributed by atoms with van der Waals surface area (Å²) in [6, 6.07) is 4.17. The molecule has 102 valence electrons. The first kappa shape index (κ1) is 15.2. The minimum absolute atomic E-state index is 0.00182. The van der Waals surface area contributed by atoms with Gasteiger partial charge in [-0.15, -0.1) is 11.3 Å². The zero-order valence-electron chi connectivity index (χ0n) is 11.6. The number of hydrogen-bond donors (Lipinski definition) is 1. The van der Waals surface area contributed by atoms with Crippen molar-refractivity contribution in [1.82, 2.24) is 4.90 Å². The van der Waals surface area contributed by atoms with Gasteiger partial charge in [-0.25, -0.2) is 0 Å². The SMILES string of the molecule is CN(CC(C)(C)CN)C(=O)CCCc1cccs1. The van der Waals surface area contributed by atoms with Crippen LogP contribution in [0.1, 0.15) is 31.6 Å². The van der Waals surface area contributed by atoms with Crippen LogP contribution in [0.2, 0.25) is 0 Å². The summed E-state index contributed by atoms with van der Waals surface area (Å²) in [6.07, 6.45) is 2.54. The van der Waals surface area contributed by atoms with Crippen LogP contribution in [-0.4, -0.2) is 30.9 Å². The summed E-state index contributed by atoms with van der Waals surface area (Å²) < 4.78 is 0. The second kappa shape index (κ2) is 6.90. The summed E-state index contributed by atoms with van der Waals surface area (Å²) in [6.45, 7) is 5.49. The summed E-state index contributed by atoms with van der Waals surface area (Å²) in [7, 11) is 1.87. The Kier molecular flexibility index (Phi) is 5.82. The van der Waals surface area contributed by atoms with E-state index in [9.17, 15) is 4.79 Å². The molecule has 3 nitrogen and oxygen atoms in total. The lowest BCUT2D eigenvalue weighted by molar-refractivity contribution is -0.131. The van der Waals surface area contributed by atoms with Gasteiger partial charge in [-0.3, -0.25) is 4.79 Å². The molecular weight excluding hydrogens is 244 g/mol. The molecule has 0 aliphatic rings. The fourth-order valence-corrected chi connectivity index (χ4v) is 2.61. The van der Waals surface area contributed by atoms with Gasteiger partial charge in [0.25, 0.3) is 0 Å². The van der Waals surface area contributed by atoms with Crippen LogP contribution in [0.3, 0.4) is 0 Å². The highest BCUT2D eigenvalue weighted by atomic mass is 32.1. The summed E-state index contributed by atoms with van der Waals surface area (Å²) in [4.78, 5) is 15.1. The van der Waals surface area contributed by atoms with Crippen LogP contribution >= 0.6 is 11.3 Å². The smallest absolute Gasteiger partial charge is 0.222 e. The number of aryl methyl sites for hydroxylation is 1. The maximum Gasteiger partial charge on any atom is 0.222 e. The third-order valence-corrected chi connectivity index (χ3v) is 3.97. The number of nitrogens with zero attached hydrogens (tertiary/aromatic N) is 1. The van der Waals surface area contributed by atoms with Gasteiger partial charge in [0.15, 0.2) is 0 Å². The molecule has 0 fully saturated rings. The van der Waals surface area contributed by atoms with Crippen LogP contribution < -0.4 is 5.73 Å². The molecule has 2 N–H and O–H groups in total. The quantitative estimate of drug-likeness (QED) is 0.826. The predicted octanol–water partition coefficient (Wildman–Crippen LogP) is 2.51. The average molecular weight is 268 g/mol. The van der Waals surface area contributed by atoms with E-state index in [1.807, 2.05) is 7.05 Å². The van der Waals surface area contributed by atoms with Crippen molar-refractivity contribution in [3.05, 3.63) is 22.4 Å². The van der Waals surface area contributed by atoms with E-state index in [2.05, 4.69) is 31.4 Å². The Morgan fingerprint density at radius 2 is 2.22 bits per heavy atom. The van der Waals surface area contributed by atoms with Gasteiger partial charge in [0.2, 0.25) is 5.91 Å². The molecule has 0 aromatic carbocycles. The second-order valence-corrected chi connectivity index (χ2v) is 6.58. The van der Waals surface area contributed by atoms with Gasteiger partial charge < -0.3 is 10.6 Å². The Hall–Kier alpha value is -0.870. The van der Waals surface area contributed by atoms with Gasteiger partial charge in [-0.05, 0) is 36.2 Å². The summed E-state index contributed by atoms with van der Waals surface area (Å²) in [5.41, 5.74) is 5.68. The van der Waals surface area contributed by atoms with Crippen LogP contribution in [0.5, 0.6) is 0 Å². The molecule has 1 heterocycles. The molecular formula is C14H24N2OS. The van der Waals surface area contributed by atoms with E-state index in [1.54, 1.807) is 16.2 Å². The molecule has 18 heavy (non-hydrogen) atoms. The number of nitrogens with two attached hydrogens (primary N) is 1. The summed E-state index contributed by atoms with van der Waals surface area (Å²) in [5.74, 6) is 0.216. The van der Waals surface area contributed by atoms with Crippen molar-refractivity contribution in [2.24, 2.45) is 11.1 Å². The molecule has 0 spiro atoms. The van der Waals surface area contributed by atoms with Crippen molar-refractivity contribution >= 4 is 17.2 Å². The first-order valence-corrected chi connectivity index (χ1v) is 7.29. The van der Waals surface area contributed by atoms with E-state index in [4.69, 9.17) is 5.73 Å². The van der Waals surface area contributed by atoms with Crippen molar-refractivity contribution in [2.45, 2.75) is 33.1 Å². The fourth-order valence-electron chi connectivity index (χ4n) is 1.85. The molecule has 0 unspecified atom stereocenters. The molecule has 0 radical (unpaired) electrons. The number of hydrogen-bond acceptors (Lipinski definition) is 3. The number of thiophene rings is 1. The molecule has 1 aromatic rings. The van der Waals surface area contributed by atoms with Crippen molar-refractivity contribution < 1.29 is 4.79 Å². The van der Waals surface area contributed by atoms with Crippen LogP contribution in [0, 0.1) is 5.41 Å². The predicted molar refractivity (Wildman–Crippen MR) is 77.7 cm³/mol. The number of carbonyl (C=O) groups is 1. The van der Waals surface area contributed by atoms with Crippen LogP contribution in [-0.2, 0) is 11.2 Å².